The molecule has 1 rings (SSSR count). The van der Waals surface area contributed by atoms with Gasteiger partial charge in [0.15, 0.2) is 5.25 Å². The van der Waals surface area contributed by atoms with E-state index in [2.05, 4.69) is 0 Å². The average molecular weight is 221 g/mol. The predicted molar refractivity (Wildman–Crippen MR) is 60.0 cm³/mol. The number of ketones is 1. The van der Waals surface area contributed by atoms with Gasteiger partial charge in [-0.1, -0.05) is 0 Å². The Balaban J connectivity index is 2.02. The van der Waals surface area contributed by atoms with Gasteiger partial charge in [0.1, 0.15) is 16.6 Å². The van der Waals surface area contributed by atoms with Crippen molar-refractivity contribution in [2.45, 2.75) is 44.3 Å². The minimum Gasteiger partial charge on any atom is -0.300 e. The van der Waals surface area contributed by atoms with Gasteiger partial charge in [-0.2, -0.15) is 4.55 Å². The quantitative estimate of drug-likeness (QED) is 0.440. The van der Waals surface area contributed by atoms with E-state index < -0.39 is 10.2 Å². The molecule has 1 aliphatic heterocycles. The lowest BCUT2D eigenvalue weighted by Crippen LogP contribution is -2.11. The SMILES string of the molecule is CC(=O)CCCCC1CCS[S+]1O. The Morgan fingerprint density at radius 2 is 2.38 bits per heavy atom. The van der Waals surface area contributed by atoms with Gasteiger partial charge in [0, 0.05) is 12.8 Å². The molecule has 0 aliphatic carbocycles. The Kier molecular flexibility index (Phi) is 5.21. The van der Waals surface area contributed by atoms with Crippen molar-refractivity contribution >= 4 is 26.8 Å². The van der Waals surface area contributed by atoms with Gasteiger partial charge in [0.25, 0.3) is 0 Å². The van der Waals surface area contributed by atoms with E-state index >= 15 is 0 Å². The van der Waals surface area contributed by atoms with Crippen LogP contribution < -0.4 is 0 Å². The molecule has 13 heavy (non-hydrogen) atoms. The van der Waals surface area contributed by atoms with Gasteiger partial charge in [-0.15, -0.1) is 0 Å². The first-order valence-corrected chi connectivity index (χ1v) is 7.50. The summed E-state index contributed by atoms with van der Waals surface area (Å²) in [7, 11) is 1.29. The summed E-state index contributed by atoms with van der Waals surface area (Å²) in [5.41, 5.74) is 0. The van der Waals surface area contributed by atoms with Gasteiger partial charge in [0.05, 0.1) is 5.75 Å². The largest absolute Gasteiger partial charge is 0.300 e. The number of carbonyl (C=O) groups excluding carboxylic acids is 1. The van der Waals surface area contributed by atoms with Gasteiger partial charge in [-0.3, -0.25) is 0 Å². The van der Waals surface area contributed by atoms with Crippen molar-refractivity contribution in [1.29, 1.82) is 0 Å². The van der Waals surface area contributed by atoms with Crippen LogP contribution >= 0.6 is 10.8 Å². The van der Waals surface area contributed by atoms with Crippen LogP contribution in [0.1, 0.15) is 39.0 Å². The molecule has 0 aromatic heterocycles. The minimum absolute atomic E-state index is 0.281. The van der Waals surface area contributed by atoms with Crippen LogP contribution in [0.3, 0.4) is 0 Å². The average Bonchev–Trinajstić information content (AvgIpc) is 2.45. The summed E-state index contributed by atoms with van der Waals surface area (Å²) in [5, 5.41) is 0.511. The maximum atomic E-state index is 10.7. The lowest BCUT2D eigenvalue weighted by molar-refractivity contribution is -0.117. The Bertz CT molecular complexity index is 173. The van der Waals surface area contributed by atoms with Gasteiger partial charge in [-0.25, -0.2) is 0 Å². The van der Waals surface area contributed by atoms with E-state index in [0.29, 0.717) is 11.7 Å². The highest BCUT2D eigenvalue weighted by molar-refractivity contribution is 8.72. The van der Waals surface area contributed by atoms with E-state index in [0.717, 1.165) is 31.4 Å². The highest BCUT2D eigenvalue weighted by Crippen LogP contribution is 2.33. The first-order chi connectivity index (χ1) is 6.20. The predicted octanol–water partition coefficient (Wildman–Crippen LogP) is 2.65. The molecule has 1 fully saturated rings. The van der Waals surface area contributed by atoms with Crippen LogP contribution in [0.4, 0.5) is 0 Å². The molecular formula is C9H17O2S2+. The fourth-order valence-electron chi connectivity index (χ4n) is 1.45. The van der Waals surface area contributed by atoms with Crippen LogP contribution in [-0.4, -0.2) is 21.3 Å². The van der Waals surface area contributed by atoms with Crippen molar-refractivity contribution in [3.05, 3.63) is 0 Å². The normalized spacial score (nSPS) is 27.8. The molecule has 76 valence electrons. The zero-order valence-electron chi connectivity index (χ0n) is 7.99. The summed E-state index contributed by atoms with van der Waals surface area (Å²) in [6.45, 7) is 1.64. The molecule has 0 amide bonds. The molecule has 1 saturated heterocycles. The summed E-state index contributed by atoms with van der Waals surface area (Å²) < 4.78 is 9.52. The minimum atomic E-state index is -0.393. The fraction of sp³-hybridized carbons (Fsp3) is 0.889. The van der Waals surface area contributed by atoms with Crippen LogP contribution in [0.5, 0.6) is 0 Å². The van der Waals surface area contributed by atoms with Crippen LogP contribution in [0.25, 0.3) is 0 Å². The van der Waals surface area contributed by atoms with Crippen molar-refractivity contribution in [1.82, 2.24) is 0 Å². The molecule has 4 heteroatoms. The molecule has 1 N–H and O–H groups in total. The second kappa shape index (κ2) is 5.94. The van der Waals surface area contributed by atoms with E-state index in [-0.39, 0.29) is 5.78 Å². The molecule has 0 aromatic carbocycles. The lowest BCUT2D eigenvalue weighted by Gasteiger charge is -2.02. The molecule has 0 aromatic rings. The Hall–Kier alpha value is 0.330. The standard InChI is InChI=1S/C9H17O2S2/c1-8(10)4-2-3-5-9-6-7-12-13(9)11/h9,11H,2-7H2,1H3/q+1. The van der Waals surface area contributed by atoms with Gasteiger partial charge < -0.3 is 4.79 Å². The van der Waals surface area contributed by atoms with Crippen molar-refractivity contribution < 1.29 is 9.35 Å². The number of rotatable bonds is 5. The highest BCUT2D eigenvalue weighted by atomic mass is 33.1. The Labute approximate surface area is 86.4 Å². The maximum absolute atomic E-state index is 10.7. The van der Waals surface area contributed by atoms with Crippen LogP contribution in [0, 0.1) is 0 Å². The summed E-state index contributed by atoms with van der Waals surface area (Å²) in [6.07, 6.45) is 5.05. The van der Waals surface area contributed by atoms with Crippen LogP contribution in [0.15, 0.2) is 0 Å². The summed E-state index contributed by atoms with van der Waals surface area (Å²) in [5.74, 6) is 1.39. The Morgan fingerprint density at radius 1 is 1.62 bits per heavy atom. The van der Waals surface area contributed by atoms with E-state index in [1.807, 2.05) is 0 Å². The first kappa shape index (κ1) is 11.4. The second-order valence-corrected chi connectivity index (χ2v) is 7.05. The monoisotopic (exact) mass is 221 g/mol. The summed E-state index contributed by atoms with van der Waals surface area (Å²) in [6, 6.07) is 0. The molecule has 2 atom stereocenters. The van der Waals surface area contributed by atoms with Crippen molar-refractivity contribution in [3.63, 3.8) is 0 Å². The number of Topliss-reactive ketones (excluding diaryl/α,β-unsaturated/α-hetero) is 1. The van der Waals surface area contributed by atoms with Crippen molar-refractivity contribution in [2.24, 2.45) is 0 Å². The third-order valence-electron chi connectivity index (χ3n) is 2.23. The van der Waals surface area contributed by atoms with E-state index in [1.165, 1.54) is 0 Å². The topological polar surface area (TPSA) is 37.3 Å². The summed E-state index contributed by atoms with van der Waals surface area (Å²) in [4.78, 5) is 10.7. The number of hydrogen-bond acceptors (Lipinski definition) is 3. The van der Waals surface area contributed by atoms with Crippen molar-refractivity contribution in [2.75, 3.05) is 5.75 Å². The molecule has 0 saturated carbocycles. The lowest BCUT2D eigenvalue weighted by atomic mass is 10.1. The van der Waals surface area contributed by atoms with Gasteiger partial charge in [-0.05, 0) is 26.2 Å². The maximum Gasteiger partial charge on any atom is 0.217 e. The molecular weight excluding hydrogens is 204 g/mol. The number of carbonyl (C=O) groups is 1. The summed E-state index contributed by atoms with van der Waals surface area (Å²) >= 11 is 0. The van der Waals surface area contributed by atoms with E-state index in [9.17, 15) is 9.35 Å². The molecule has 0 radical (unpaired) electrons. The molecule has 0 spiro atoms. The number of unbranched alkanes of at least 4 members (excludes halogenated alkanes) is 1. The third kappa shape index (κ3) is 4.38. The molecule has 0 bridgehead atoms. The Morgan fingerprint density at radius 3 is 2.92 bits per heavy atom. The highest BCUT2D eigenvalue weighted by Gasteiger charge is 2.37. The zero-order valence-corrected chi connectivity index (χ0v) is 9.62. The van der Waals surface area contributed by atoms with Crippen LogP contribution in [0.2, 0.25) is 0 Å². The van der Waals surface area contributed by atoms with E-state index in [1.54, 1.807) is 17.7 Å². The smallest absolute Gasteiger partial charge is 0.217 e. The second-order valence-electron chi connectivity index (χ2n) is 3.46. The number of hydrogen-bond donors (Lipinski definition) is 1. The fourth-order valence-corrected chi connectivity index (χ4v) is 4.99. The molecule has 2 nitrogen and oxygen atoms in total. The van der Waals surface area contributed by atoms with E-state index in [4.69, 9.17) is 0 Å². The molecule has 1 aliphatic rings. The van der Waals surface area contributed by atoms with Crippen LogP contribution in [-0.2, 0) is 15.0 Å². The van der Waals surface area contributed by atoms with Gasteiger partial charge >= 0.3 is 0 Å². The molecule has 1 heterocycles. The van der Waals surface area contributed by atoms with Gasteiger partial charge in [0.2, 0.25) is 10.2 Å². The third-order valence-corrected chi connectivity index (χ3v) is 5.96. The zero-order chi connectivity index (χ0) is 9.68. The van der Waals surface area contributed by atoms with Crippen molar-refractivity contribution in [3.8, 4) is 0 Å². The first-order valence-electron chi connectivity index (χ1n) is 4.75. The molecule has 2 unspecified atom stereocenters.